The van der Waals surface area contributed by atoms with E-state index in [1.54, 1.807) is 0 Å². The van der Waals surface area contributed by atoms with Gasteiger partial charge in [0.25, 0.3) is 0 Å². The second kappa shape index (κ2) is 16.0. The molecule has 1 fully saturated rings. The van der Waals surface area contributed by atoms with E-state index in [1.165, 1.54) is 11.3 Å². The molecule has 1 N–H and O–H groups in total. The molecule has 1 saturated heterocycles. The number of benzene rings is 5. The number of nitrogens with zero attached hydrogens (tertiary/aromatic N) is 1. The van der Waals surface area contributed by atoms with Gasteiger partial charge in [0, 0.05) is 0 Å². The Balaban J connectivity index is 1.28. The molecule has 0 radical (unpaired) electrons. The molecule has 5 atom stereocenters. The normalized spacial score (nSPS) is 22.3. The van der Waals surface area contributed by atoms with Crippen LogP contribution in [0.25, 0.3) is 10.2 Å². The van der Waals surface area contributed by atoms with Crippen LogP contribution in [0.1, 0.15) is 27.3 Å². The number of ether oxygens (including phenoxy) is 5. The number of aliphatic hydroxyl groups is 1. The van der Waals surface area contributed by atoms with Crippen molar-refractivity contribution in [2.24, 2.45) is 0 Å². The summed E-state index contributed by atoms with van der Waals surface area (Å²) < 4.78 is 34.2. The second-order valence-corrected chi connectivity index (χ2v) is 13.1. The standard InChI is InChI=1S/C41H39NO6S/c43-41(40-42-34-23-13-14-24-36(34)49-40)39(47-28-33-21-11-4-12-22-33)38(46-27-32-19-9-3-10-20-32)37(45-26-31-17-7-2-8-18-31)35(48-41)29-44-25-30-15-5-1-6-16-30/h1-24,35,37-39,43H,25-29H2/t35-,37+,38+,39-,41-/m1/s1. The molecular weight excluding hydrogens is 635 g/mol. The summed E-state index contributed by atoms with van der Waals surface area (Å²) in [5.41, 5.74) is 4.73. The minimum Gasteiger partial charge on any atom is -0.374 e. The maximum atomic E-state index is 12.8. The lowest BCUT2D eigenvalue weighted by atomic mass is 9.91. The van der Waals surface area contributed by atoms with Gasteiger partial charge in [-0.1, -0.05) is 133 Å². The van der Waals surface area contributed by atoms with Crippen LogP contribution in [0.15, 0.2) is 146 Å². The van der Waals surface area contributed by atoms with Crippen molar-refractivity contribution in [2.75, 3.05) is 6.61 Å². The Morgan fingerprint density at radius 3 is 1.59 bits per heavy atom. The van der Waals surface area contributed by atoms with Gasteiger partial charge in [-0.15, -0.1) is 11.3 Å². The summed E-state index contributed by atoms with van der Waals surface area (Å²) in [5, 5.41) is 13.2. The third-order valence-corrected chi connectivity index (χ3v) is 9.68. The molecule has 250 valence electrons. The number of hydrogen-bond donors (Lipinski definition) is 1. The Labute approximate surface area is 290 Å². The molecular formula is C41H39NO6S. The van der Waals surface area contributed by atoms with Crippen LogP contribution in [-0.2, 0) is 55.9 Å². The van der Waals surface area contributed by atoms with Gasteiger partial charge in [-0.2, -0.15) is 0 Å². The molecule has 0 bridgehead atoms. The molecule has 1 aromatic heterocycles. The average molecular weight is 674 g/mol. The maximum Gasteiger partial charge on any atom is 0.250 e. The lowest BCUT2D eigenvalue weighted by Crippen LogP contribution is -2.65. The molecule has 7 rings (SSSR count). The van der Waals surface area contributed by atoms with E-state index in [-0.39, 0.29) is 19.8 Å². The largest absolute Gasteiger partial charge is 0.374 e. The van der Waals surface area contributed by atoms with E-state index in [9.17, 15) is 5.11 Å². The molecule has 7 nitrogen and oxygen atoms in total. The first-order valence-corrected chi connectivity index (χ1v) is 17.3. The van der Waals surface area contributed by atoms with E-state index in [0.717, 1.165) is 32.5 Å². The number of aromatic nitrogens is 1. The molecule has 0 spiro atoms. The monoisotopic (exact) mass is 673 g/mol. The van der Waals surface area contributed by atoms with Crippen LogP contribution >= 0.6 is 11.3 Å². The summed E-state index contributed by atoms with van der Waals surface area (Å²) in [5.74, 6) is -1.98. The van der Waals surface area contributed by atoms with E-state index in [1.807, 2.05) is 146 Å². The number of para-hydroxylation sites is 1. The highest BCUT2D eigenvalue weighted by Crippen LogP contribution is 2.44. The Morgan fingerprint density at radius 1 is 0.571 bits per heavy atom. The predicted octanol–water partition coefficient (Wildman–Crippen LogP) is 7.81. The van der Waals surface area contributed by atoms with Gasteiger partial charge in [0.05, 0.1) is 43.3 Å². The minimum absolute atomic E-state index is 0.137. The van der Waals surface area contributed by atoms with Crippen LogP contribution in [-0.4, -0.2) is 41.1 Å². The van der Waals surface area contributed by atoms with Gasteiger partial charge in [0.2, 0.25) is 5.79 Å². The lowest BCUT2D eigenvalue weighted by molar-refractivity contribution is -0.378. The molecule has 1 aliphatic rings. The average Bonchev–Trinajstić information content (AvgIpc) is 3.60. The fourth-order valence-electron chi connectivity index (χ4n) is 6.05. The van der Waals surface area contributed by atoms with Crippen molar-refractivity contribution in [1.82, 2.24) is 4.98 Å². The second-order valence-electron chi connectivity index (χ2n) is 12.1. The summed E-state index contributed by atoms with van der Waals surface area (Å²) in [6.45, 7) is 1.30. The zero-order valence-corrected chi connectivity index (χ0v) is 27.9. The Kier molecular flexibility index (Phi) is 10.8. The first kappa shape index (κ1) is 33.3. The van der Waals surface area contributed by atoms with Gasteiger partial charge >= 0.3 is 0 Å². The summed E-state index contributed by atoms with van der Waals surface area (Å²) >= 11 is 1.38. The van der Waals surface area contributed by atoms with Gasteiger partial charge in [0.1, 0.15) is 24.4 Å². The number of thiazole rings is 1. The van der Waals surface area contributed by atoms with Gasteiger partial charge in [-0.05, 0) is 34.4 Å². The number of fused-ring (bicyclic) bond motifs is 1. The van der Waals surface area contributed by atoms with Crippen LogP contribution in [0, 0.1) is 0 Å². The van der Waals surface area contributed by atoms with Crippen molar-refractivity contribution >= 4 is 21.6 Å². The van der Waals surface area contributed by atoms with Crippen LogP contribution < -0.4 is 0 Å². The van der Waals surface area contributed by atoms with Crippen molar-refractivity contribution in [1.29, 1.82) is 0 Å². The molecule has 0 amide bonds. The van der Waals surface area contributed by atoms with Crippen molar-refractivity contribution < 1.29 is 28.8 Å². The molecule has 49 heavy (non-hydrogen) atoms. The highest BCUT2D eigenvalue weighted by atomic mass is 32.1. The van der Waals surface area contributed by atoms with Crippen LogP contribution in [0.5, 0.6) is 0 Å². The minimum atomic E-state index is -1.98. The molecule has 2 heterocycles. The van der Waals surface area contributed by atoms with E-state index >= 15 is 0 Å². The molecule has 0 saturated carbocycles. The van der Waals surface area contributed by atoms with E-state index < -0.39 is 30.2 Å². The molecule has 0 aliphatic carbocycles. The molecule has 6 aromatic rings. The molecule has 0 unspecified atom stereocenters. The zero-order valence-electron chi connectivity index (χ0n) is 27.0. The van der Waals surface area contributed by atoms with Gasteiger partial charge in [0.15, 0.2) is 5.01 Å². The van der Waals surface area contributed by atoms with Crippen molar-refractivity contribution in [3.8, 4) is 0 Å². The summed E-state index contributed by atoms with van der Waals surface area (Å²) in [6, 6.07) is 47.6. The Hall–Kier alpha value is -4.25. The van der Waals surface area contributed by atoms with Gasteiger partial charge in [-0.3, -0.25) is 0 Å². The van der Waals surface area contributed by atoms with E-state index in [2.05, 4.69) is 0 Å². The van der Waals surface area contributed by atoms with Gasteiger partial charge < -0.3 is 28.8 Å². The zero-order chi connectivity index (χ0) is 33.3. The first-order chi connectivity index (χ1) is 24.2. The van der Waals surface area contributed by atoms with Crippen molar-refractivity contribution in [2.45, 2.75) is 56.6 Å². The topological polar surface area (TPSA) is 79.3 Å². The highest BCUT2D eigenvalue weighted by Gasteiger charge is 2.58. The Morgan fingerprint density at radius 2 is 1.04 bits per heavy atom. The fourth-order valence-corrected chi connectivity index (χ4v) is 7.08. The summed E-state index contributed by atoms with van der Waals surface area (Å²) in [7, 11) is 0. The van der Waals surface area contributed by atoms with Crippen LogP contribution in [0.3, 0.4) is 0 Å². The molecule has 1 aliphatic heterocycles. The summed E-state index contributed by atoms with van der Waals surface area (Å²) in [6.07, 6.45) is -3.19. The lowest BCUT2D eigenvalue weighted by Gasteiger charge is -2.49. The van der Waals surface area contributed by atoms with Crippen LogP contribution in [0.2, 0.25) is 0 Å². The van der Waals surface area contributed by atoms with E-state index in [4.69, 9.17) is 28.7 Å². The molecule has 5 aromatic carbocycles. The maximum absolute atomic E-state index is 12.8. The number of hydrogen-bond acceptors (Lipinski definition) is 8. The summed E-state index contributed by atoms with van der Waals surface area (Å²) in [4.78, 5) is 4.87. The van der Waals surface area contributed by atoms with Crippen molar-refractivity contribution in [3.63, 3.8) is 0 Å². The number of rotatable bonds is 14. The third-order valence-electron chi connectivity index (χ3n) is 8.54. The molecule has 8 heteroatoms. The fraction of sp³-hybridized carbons (Fsp3) is 0.244. The predicted molar refractivity (Wildman–Crippen MR) is 190 cm³/mol. The van der Waals surface area contributed by atoms with Gasteiger partial charge in [-0.25, -0.2) is 4.98 Å². The smallest absolute Gasteiger partial charge is 0.250 e. The van der Waals surface area contributed by atoms with Crippen molar-refractivity contribution in [3.05, 3.63) is 173 Å². The van der Waals surface area contributed by atoms with Crippen LogP contribution in [0.4, 0.5) is 0 Å². The Bertz CT molecular complexity index is 1840. The SMILES string of the molecule is O[C@@]1(c2nc3ccccc3s2)O[C@H](COCc2ccccc2)[C@H](OCc2ccccc2)[C@H](OCc2ccccc2)[C@H]1OCc1ccccc1. The van der Waals surface area contributed by atoms with E-state index in [0.29, 0.717) is 18.2 Å². The highest BCUT2D eigenvalue weighted by molar-refractivity contribution is 7.18. The first-order valence-electron chi connectivity index (χ1n) is 16.5. The third kappa shape index (κ3) is 8.15. The quantitative estimate of drug-likeness (QED) is 0.126.